The number of carboxylic acids is 1. The van der Waals surface area contributed by atoms with Crippen molar-refractivity contribution in [1.29, 1.82) is 0 Å². The third-order valence-corrected chi connectivity index (χ3v) is 9.22. The number of amides is 2. The highest BCUT2D eigenvalue weighted by Crippen LogP contribution is 2.35. The average Bonchev–Trinajstić information content (AvgIpc) is 3.59. The maximum Gasteiger partial charge on any atom is 0.303 e. The molecule has 43 heavy (non-hydrogen) atoms. The van der Waals surface area contributed by atoms with Crippen molar-refractivity contribution in [3.05, 3.63) is 61.9 Å². The van der Waals surface area contributed by atoms with Crippen LogP contribution < -0.4 is 26.6 Å². The fraction of sp³-hybridized carbons (Fsp3) is 0.515. The first-order chi connectivity index (χ1) is 20.4. The summed E-state index contributed by atoms with van der Waals surface area (Å²) in [6.45, 7) is 11.9. The van der Waals surface area contributed by atoms with E-state index in [2.05, 4.69) is 33.9 Å². The van der Waals surface area contributed by atoms with Gasteiger partial charge in [-0.25, -0.2) is 0 Å². The van der Waals surface area contributed by atoms with Crippen LogP contribution in [0, 0.1) is 24.8 Å². The van der Waals surface area contributed by atoms with Crippen LogP contribution in [0.3, 0.4) is 0 Å². The molecule has 4 atom stereocenters. The minimum atomic E-state index is -1.45. The Morgan fingerprint density at radius 2 is 1.74 bits per heavy atom. The SMILES string of the molecule is CCC1=C(C)C(/C=c2/[nH]/c(=C\[C-]3NC(/C=C4\NC(=O)[C@H](C)[C@H]4CC)C(C)=C3CCC(O)O)c(CCC(=O)O)c2C)NC1=O. The summed E-state index contributed by atoms with van der Waals surface area (Å²) in [5, 5.41) is 40.0. The van der Waals surface area contributed by atoms with E-state index in [9.17, 15) is 29.7 Å². The average molecular weight is 594 g/mol. The quantitative estimate of drug-likeness (QED) is 0.152. The molecule has 3 aliphatic rings. The van der Waals surface area contributed by atoms with Crippen LogP contribution in [0.5, 0.6) is 0 Å². The molecule has 2 unspecified atom stereocenters. The lowest BCUT2D eigenvalue weighted by molar-refractivity contribution is -0.137. The molecule has 1 aromatic heterocycles. The number of aliphatic carboxylic acids is 1. The number of rotatable bonds is 11. The first-order valence-corrected chi connectivity index (χ1v) is 15.2. The molecule has 0 saturated carbocycles. The van der Waals surface area contributed by atoms with E-state index in [-0.39, 0.29) is 48.6 Å². The molecule has 10 heteroatoms. The minimum Gasteiger partial charge on any atom is -0.481 e. The van der Waals surface area contributed by atoms with Gasteiger partial charge in [0.1, 0.15) is 0 Å². The number of hydrogen-bond acceptors (Lipinski definition) is 6. The summed E-state index contributed by atoms with van der Waals surface area (Å²) in [5.41, 5.74) is 6.39. The molecule has 0 aliphatic carbocycles. The van der Waals surface area contributed by atoms with E-state index in [4.69, 9.17) is 0 Å². The number of allylic oxidation sites excluding steroid dienone is 1. The van der Waals surface area contributed by atoms with E-state index >= 15 is 0 Å². The first-order valence-electron chi connectivity index (χ1n) is 15.2. The van der Waals surface area contributed by atoms with E-state index in [1.165, 1.54) is 0 Å². The van der Waals surface area contributed by atoms with Gasteiger partial charge in [-0.15, -0.1) is 17.2 Å². The summed E-state index contributed by atoms with van der Waals surface area (Å²) in [5.74, 6) is -0.946. The van der Waals surface area contributed by atoms with E-state index in [0.717, 1.165) is 62.3 Å². The van der Waals surface area contributed by atoms with E-state index < -0.39 is 12.3 Å². The van der Waals surface area contributed by atoms with Gasteiger partial charge in [-0.1, -0.05) is 50.7 Å². The summed E-state index contributed by atoms with van der Waals surface area (Å²) < 4.78 is 0. The fourth-order valence-corrected chi connectivity index (χ4v) is 6.53. The zero-order valence-electron chi connectivity index (χ0n) is 25.9. The number of hydrogen-bond donors (Lipinski definition) is 7. The van der Waals surface area contributed by atoms with Crippen molar-refractivity contribution in [3.63, 3.8) is 0 Å². The number of carbonyl (C=O) groups excluding carboxylic acids is 2. The highest BCUT2D eigenvalue weighted by molar-refractivity contribution is 5.98. The van der Waals surface area contributed by atoms with E-state index in [0.29, 0.717) is 19.3 Å². The summed E-state index contributed by atoms with van der Waals surface area (Å²) >= 11 is 0. The number of aliphatic hydroxyl groups is 2. The van der Waals surface area contributed by atoms with Gasteiger partial charge < -0.3 is 36.3 Å². The molecule has 2 amide bonds. The van der Waals surface area contributed by atoms with E-state index in [1.807, 2.05) is 46.8 Å². The Balaban J connectivity index is 1.78. The Morgan fingerprint density at radius 3 is 2.35 bits per heavy atom. The summed E-state index contributed by atoms with van der Waals surface area (Å²) in [4.78, 5) is 39.9. The summed E-state index contributed by atoms with van der Waals surface area (Å²) in [6.07, 6.45) is 6.87. The van der Waals surface area contributed by atoms with Crippen molar-refractivity contribution in [1.82, 2.24) is 20.9 Å². The number of aliphatic hydroxyl groups excluding tert-OH is 1. The van der Waals surface area contributed by atoms with Crippen LogP contribution in [-0.2, 0) is 20.8 Å². The lowest BCUT2D eigenvalue weighted by atomic mass is 9.91. The molecule has 7 N–H and O–H groups in total. The van der Waals surface area contributed by atoms with Crippen LogP contribution in [-0.4, -0.2) is 56.5 Å². The summed E-state index contributed by atoms with van der Waals surface area (Å²) in [7, 11) is 0. The van der Waals surface area contributed by atoms with Gasteiger partial charge in [0.2, 0.25) is 11.8 Å². The molecule has 1 aromatic rings. The monoisotopic (exact) mass is 593 g/mol. The highest BCUT2D eigenvalue weighted by Gasteiger charge is 2.35. The molecule has 234 valence electrons. The molecule has 0 aromatic carbocycles. The van der Waals surface area contributed by atoms with Gasteiger partial charge in [-0.3, -0.25) is 14.4 Å². The van der Waals surface area contributed by atoms with Crippen molar-refractivity contribution in [2.75, 3.05) is 0 Å². The van der Waals surface area contributed by atoms with Gasteiger partial charge in [0.05, 0.1) is 6.04 Å². The molecule has 0 bridgehead atoms. The van der Waals surface area contributed by atoms with Crippen LogP contribution in [0.2, 0.25) is 0 Å². The molecule has 0 spiro atoms. The topological polar surface area (TPSA) is 164 Å². The van der Waals surface area contributed by atoms with Crippen LogP contribution >= 0.6 is 0 Å². The molecule has 4 heterocycles. The smallest absolute Gasteiger partial charge is 0.303 e. The number of carboxylic acid groups (broad SMARTS) is 1. The van der Waals surface area contributed by atoms with Crippen molar-refractivity contribution in [2.45, 2.75) is 98.4 Å². The Morgan fingerprint density at radius 1 is 1.02 bits per heavy atom. The summed E-state index contributed by atoms with van der Waals surface area (Å²) in [6, 6.07) is 0.339. The Labute approximate surface area is 252 Å². The number of carbonyl (C=O) groups is 3. The third-order valence-electron chi connectivity index (χ3n) is 9.22. The lowest BCUT2D eigenvalue weighted by Gasteiger charge is -2.22. The van der Waals surface area contributed by atoms with Crippen LogP contribution in [0.15, 0.2) is 34.1 Å². The van der Waals surface area contributed by atoms with Crippen LogP contribution in [0.1, 0.15) is 77.8 Å². The lowest BCUT2D eigenvalue weighted by Crippen LogP contribution is -2.29. The Bertz CT molecular complexity index is 1500. The largest absolute Gasteiger partial charge is 0.481 e. The van der Waals surface area contributed by atoms with Gasteiger partial charge >= 0.3 is 5.97 Å². The number of aromatic amines is 1. The molecule has 1 fully saturated rings. The third kappa shape index (κ3) is 6.82. The van der Waals surface area contributed by atoms with Crippen molar-refractivity contribution in [3.8, 4) is 0 Å². The van der Waals surface area contributed by atoms with Crippen LogP contribution in [0.25, 0.3) is 12.2 Å². The first kappa shape index (κ1) is 32.3. The molecule has 1 saturated heterocycles. The van der Waals surface area contributed by atoms with Crippen molar-refractivity contribution in [2.24, 2.45) is 11.8 Å². The molecular weight excluding hydrogens is 548 g/mol. The molecule has 10 nitrogen and oxygen atoms in total. The normalized spacial score (nSPS) is 26.2. The predicted molar refractivity (Wildman–Crippen MR) is 164 cm³/mol. The number of H-pyrrole nitrogens is 1. The Kier molecular flexibility index (Phi) is 10.0. The van der Waals surface area contributed by atoms with Crippen molar-refractivity contribution >= 4 is 29.9 Å². The van der Waals surface area contributed by atoms with Gasteiger partial charge in [0.25, 0.3) is 0 Å². The standard InChI is InChI=1S/C33H45N4O6/c1-7-20-19(6)32(42)37-27(20)14-25-18(5)23(10-12-31(40)41)29(35-25)15-28-22(9-11-30(38)39)17(4)24(34-28)13-26-16(3)21(8-2)33(43)36-26/h13-15,19-20,25-26,31,34-35,40-41H,7-12H2,1-6H3,(H,36,43)(H,37,42)(H,38,39)/q-1/b24-13+,27-14-,28-15-/t19-,20-,25?,26?/m1/s1. The minimum absolute atomic E-state index is 0.0143. The number of aromatic nitrogens is 1. The fourth-order valence-electron chi connectivity index (χ4n) is 6.53. The second-order valence-electron chi connectivity index (χ2n) is 11.9. The van der Waals surface area contributed by atoms with Crippen molar-refractivity contribution < 1.29 is 29.7 Å². The Hall–Kier alpha value is -3.60. The number of nitrogens with one attached hydrogen (secondary N) is 4. The maximum absolute atomic E-state index is 12.4. The predicted octanol–water partition coefficient (Wildman–Crippen LogP) is 1.71. The van der Waals surface area contributed by atoms with Gasteiger partial charge in [-0.05, 0) is 62.8 Å². The maximum atomic E-state index is 12.4. The molecule has 3 aliphatic heterocycles. The zero-order valence-corrected chi connectivity index (χ0v) is 25.9. The zero-order chi connectivity index (χ0) is 31.6. The molecule has 4 rings (SSSR count). The van der Waals surface area contributed by atoms with Gasteiger partial charge in [0.15, 0.2) is 6.29 Å². The van der Waals surface area contributed by atoms with Gasteiger partial charge in [0, 0.05) is 41.3 Å². The highest BCUT2D eigenvalue weighted by atomic mass is 16.5. The second kappa shape index (κ2) is 13.4. The molecular formula is C33H45N4O6-. The van der Waals surface area contributed by atoms with Gasteiger partial charge in [-0.2, -0.15) is 0 Å². The van der Waals surface area contributed by atoms with Crippen LogP contribution in [0.4, 0.5) is 0 Å². The second-order valence-corrected chi connectivity index (χ2v) is 11.9. The van der Waals surface area contributed by atoms with E-state index in [1.54, 1.807) is 0 Å². The molecule has 0 radical (unpaired) electrons.